The second-order valence-electron chi connectivity index (χ2n) is 15.1. The predicted molar refractivity (Wildman–Crippen MR) is 210 cm³/mol. The number of ketones is 1. The number of hydrogen-bond acceptors (Lipinski definition) is 10. The smallest absolute Gasteiger partial charge is 0.410 e. The molecule has 4 atom stereocenters. The summed E-state index contributed by atoms with van der Waals surface area (Å²) < 4.78 is 5.48. The van der Waals surface area contributed by atoms with Crippen molar-refractivity contribution in [1.82, 2.24) is 25.8 Å². The Morgan fingerprint density at radius 1 is 0.750 bits per heavy atom. The molecule has 0 aliphatic carbocycles. The summed E-state index contributed by atoms with van der Waals surface area (Å²) in [6.07, 6.45) is 4.26. The molecule has 0 bridgehead atoms. The zero-order valence-corrected chi connectivity index (χ0v) is 34.0. The van der Waals surface area contributed by atoms with Gasteiger partial charge in [-0.05, 0) is 74.6 Å². The highest BCUT2D eigenvalue weighted by atomic mass is 16.6. The lowest BCUT2D eigenvalue weighted by Gasteiger charge is -2.31. The van der Waals surface area contributed by atoms with Gasteiger partial charge in [-0.3, -0.25) is 43.4 Å². The Hall–Kier alpha value is -5.12. The van der Waals surface area contributed by atoms with Crippen LogP contribution in [0, 0.1) is 17.8 Å². The first-order valence-electron chi connectivity index (χ1n) is 19.3. The molecular weight excluding hydrogens is 722 g/mol. The molecule has 0 spiro atoms. The van der Waals surface area contributed by atoms with E-state index < -0.39 is 48.0 Å². The molecule has 56 heavy (non-hydrogen) atoms. The van der Waals surface area contributed by atoms with Crippen LogP contribution in [-0.4, -0.2) is 101 Å². The van der Waals surface area contributed by atoms with Crippen LogP contribution in [0.15, 0.2) is 36.4 Å². The van der Waals surface area contributed by atoms with Gasteiger partial charge in [0.25, 0.3) is 11.8 Å². The number of amides is 7. The highest BCUT2D eigenvalue weighted by Gasteiger charge is 2.34. The van der Waals surface area contributed by atoms with Gasteiger partial charge in [0.15, 0.2) is 5.78 Å². The first kappa shape index (κ1) is 47.0. The van der Waals surface area contributed by atoms with E-state index in [-0.39, 0.29) is 67.3 Å². The van der Waals surface area contributed by atoms with E-state index in [9.17, 15) is 38.4 Å². The van der Waals surface area contributed by atoms with E-state index >= 15 is 0 Å². The van der Waals surface area contributed by atoms with E-state index in [1.807, 2.05) is 13.8 Å². The number of imide groups is 1. The molecule has 1 aliphatic rings. The Balaban J connectivity index is 1.94. The third-order valence-corrected chi connectivity index (χ3v) is 9.37. The second-order valence-corrected chi connectivity index (χ2v) is 15.1. The topological polar surface area (TPSA) is 226 Å². The van der Waals surface area contributed by atoms with Crippen molar-refractivity contribution < 1.29 is 43.1 Å². The van der Waals surface area contributed by atoms with Crippen LogP contribution >= 0.6 is 0 Å². The number of carbonyl (C=O) groups is 8. The molecule has 0 aromatic heterocycles. The van der Waals surface area contributed by atoms with Gasteiger partial charge in [-0.15, -0.1) is 0 Å². The van der Waals surface area contributed by atoms with Gasteiger partial charge >= 0.3 is 6.09 Å². The summed E-state index contributed by atoms with van der Waals surface area (Å²) in [6, 6.07) is 3.19. The predicted octanol–water partition coefficient (Wildman–Crippen LogP) is 2.80. The van der Waals surface area contributed by atoms with Crippen molar-refractivity contribution in [3.05, 3.63) is 42.0 Å². The van der Waals surface area contributed by atoms with E-state index in [2.05, 4.69) is 21.3 Å². The van der Waals surface area contributed by atoms with Crippen molar-refractivity contribution in [2.45, 2.75) is 118 Å². The molecule has 1 heterocycles. The molecule has 2 rings (SSSR count). The van der Waals surface area contributed by atoms with Crippen LogP contribution in [0.4, 0.5) is 10.5 Å². The van der Waals surface area contributed by atoms with E-state index in [0.29, 0.717) is 43.5 Å². The van der Waals surface area contributed by atoms with Gasteiger partial charge in [0.05, 0.1) is 6.04 Å². The minimum atomic E-state index is -0.941. The van der Waals surface area contributed by atoms with Gasteiger partial charge in [0.2, 0.25) is 23.6 Å². The molecule has 1 aromatic carbocycles. The number of nitrogens with two attached hydrogens (primary N) is 1. The number of likely N-dealkylation sites (N-methyl/N-ethyl adjacent to an activating group) is 1. The normalized spacial score (nSPS) is 14.7. The van der Waals surface area contributed by atoms with E-state index in [1.54, 1.807) is 52.0 Å². The third kappa shape index (κ3) is 14.8. The highest BCUT2D eigenvalue weighted by Crippen LogP contribution is 2.16. The summed E-state index contributed by atoms with van der Waals surface area (Å²) in [5.74, 6) is -3.30. The van der Waals surface area contributed by atoms with Crippen LogP contribution in [0.25, 0.3) is 0 Å². The van der Waals surface area contributed by atoms with Crippen LogP contribution < -0.4 is 27.0 Å². The maximum absolute atomic E-state index is 13.4. The summed E-state index contributed by atoms with van der Waals surface area (Å²) in [5.41, 5.74) is 6.76. The van der Waals surface area contributed by atoms with Gasteiger partial charge in [-0.2, -0.15) is 0 Å². The van der Waals surface area contributed by atoms with Crippen molar-refractivity contribution in [3.8, 4) is 0 Å². The van der Waals surface area contributed by atoms with Gasteiger partial charge in [0, 0.05) is 37.9 Å². The Labute approximate surface area is 330 Å². The number of ether oxygens (including phenoxy) is 1. The first-order valence-corrected chi connectivity index (χ1v) is 19.3. The molecule has 16 heteroatoms. The molecule has 0 saturated heterocycles. The number of nitrogens with zero attached hydrogens (tertiary/aromatic N) is 2. The molecule has 16 nitrogen and oxygen atoms in total. The Kier molecular flexibility index (Phi) is 19.4. The van der Waals surface area contributed by atoms with Crippen molar-refractivity contribution >= 4 is 53.0 Å². The number of Topliss-reactive ketones (excluding diaryl/α,β-unsaturated/α-hetero) is 1. The number of rotatable bonds is 23. The summed E-state index contributed by atoms with van der Waals surface area (Å²) in [6.45, 7) is 12.7. The minimum absolute atomic E-state index is 0.109. The molecule has 1 aliphatic heterocycles. The zero-order valence-electron chi connectivity index (χ0n) is 34.0. The summed E-state index contributed by atoms with van der Waals surface area (Å²) in [4.78, 5) is 103. The summed E-state index contributed by atoms with van der Waals surface area (Å²) in [7, 11) is 1.47. The molecule has 0 fully saturated rings. The fourth-order valence-corrected chi connectivity index (χ4v) is 6.19. The molecule has 0 unspecified atom stereocenters. The van der Waals surface area contributed by atoms with Crippen molar-refractivity contribution in [2.24, 2.45) is 23.5 Å². The van der Waals surface area contributed by atoms with E-state index in [0.717, 1.165) is 4.90 Å². The molecule has 1 aromatic rings. The molecule has 310 valence electrons. The second kappa shape index (κ2) is 23.1. The number of unbranched alkanes of at least 4 members (excludes halogenated alkanes) is 2. The monoisotopic (exact) mass is 783 g/mol. The maximum atomic E-state index is 13.4. The molecule has 6 N–H and O–H groups in total. The Morgan fingerprint density at radius 3 is 1.89 bits per heavy atom. The minimum Gasteiger partial charge on any atom is -0.445 e. The molecule has 0 radical (unpaired) electrons. The van der Waals surface area contributed by atoms with E-state index in [1.165, 1.54) is 31.0 Å². The summed E-state index contributed by atoms with van der Waals surface area (Å²) >= 11 is 0. The number of benzene rings is 1. The van der Waals surface area contributed by atoms with E-state index in [4.69, 9.17) is 10.5 Å². The fraction of sp³-hybridized carbons (Fsp3) is 0.600. The van der Waals surface area contributed by atoms with Gasteiger partial charge < -0.3 is 31.7 Å². The lowest BCUT2D eigenvalue weighted by atomic mass is 9.97. The largest absolute Gasteiger partial charge is 0.445 e. The highest BCUT2D eigenvalue weighted by molar-refractivity contribution is 6.12. The van der Waals surface area contributed by atoms with Crippen LogP contribution in [-0.2, 0) is 44.9 Å². The number of hydrogen-bond donors (Lipinski definition) is 5. The van der Waals surface area contributed by atoms with Crippen LogP contribution in [0.1, 0.15) is 92.6 Å². The SMILES string of the molecule is CC(=O)[C@@H](NC(=O)[C@H](C(C)C)N(C)C(=O)OCc1ccc(NC(=O)[C@H](CCCN)NC(=O)[C@@H](NC(=O)CCCCCN2C(=O)C=CC2=O)C(C)C)cc1)C(C)C. The first-order chi connectivity index (χ1) is 26.4. The fourth-order valence-electron chi connectivity index (χ4n) is 6.19. The number of carbonyl (C=O) groups excluding carboxylic acids is 8. The van der Waals surface area contributed by atoms with Gasteiger partial charge in [-0.25, -0.2) is 4.79 Å². The zero-order chi connectivity index (χ0) is 42.1. The van der Waals surface area contributed by atoms with Gasteiger partial charge in [0.1, 0.15) is 24.7 Å². The maximum Gasteiger partial charge on any atom is 0.410 e. The number of nitrogens with one attached hydrogen (secondary N) is 4. The lowest BCUT2D eigenvalue weighted by molar-refractivity contribution is -0.137. The van der Waals surface area contributed by atoms with Crippen molar-refractivity contribution in [2.75, 3.05) is 25.5 Å². The van der Waals surface area contributed by atoms with Gasteiger partial charge in [-0.1, -0.05) is 60.1 Å². The number of anilines is 1. The average Bonchev–Trinajstić information content (AvgIpc) is 3.45. The molecule has 7 amide bonds. The van der Waals surface area contributed by atoms with Crippen molar-refractivity contribution in [3.63, 3.8) is 0 Å². The average molecular weight is 784 g/mol. The third-order valence-electron chi connectivity index (χ3n) is 9.37. The van der Waals surface area contributed by atoms with Crippen LogP contribution in [0.3, 0.4) is 0 Å². The quantitative estimate of drug-likeness (QED) is 0.0806. The standard InChI is InChI=1S/C40H61N7O9/c1-24(2)34(27(7)48)45-39(54)36(26(5)6)46(8)40(55)56-23-28-15-17-29(18-16-28)42-37(52)30(13-12-21-41)43-38(53)35(25(3)4)44-31(49)14-10-9-11-22-47-32(50)19-20-33(47)51/h15-20,24-26,30,34-36H,9-14,21-23,41H2,1-8H3,(H,42,52)(H,43,53)(H,44,49)(H,45,54)/t30-,34-,35-,36-/m0/s1. The van der Waals surface area contributed by atoms with Crippen LogP contribution in [0.2, 0.25) is 0 Å². The Bertz CT molecular complexity index is 1560. The Morgan fingerprint density at radius 2 is 1.36 bits per heavy atom. The molecular formula is C40H61N7O9. The molecule has 0 saturated carbocycles. The van der Waals surface area contributed by atoms with Crippen molar-refractivity contribution in [1.29, 1.82) is 0 Å². The lowest BCUT2D eigenvalue weighted by Crippen LogP contribution is -2.55. The summed E-state index contributed by atoms with van der Waals surface area (Å²) in [5, 5.41) is 11.1. The van der Waals surface area contributed by atoms with Crippen LogP contribution in [0.5, 0.6) is 0 Å².